The maximum Gasteiger partial charge on any atom is 0.326 e. The van der Waals surface area contributed by atoms with Crippen molar-refractivity contribution in [1.82, 2.24) is 15.5 Å². The highest BCUT2D eigenvalue weighted by Crippen LogP contribution is 2.19. The summed E-state index contributed by atoms with van der Waals surface area (Å²) < 4.78 is 0. The van der Waals surface area contributed by atoms with Crippen LogP contribution >= 0.6 is 0 Å². The average Bonchev–Trinajstić information content (AvgIpc) is 3.27. The van der Waals surface area contributed by atoms with Crippen LogP contribution in [0.25, 0.3) is 0 Å². The number of rotatable bonds is 16. The number of carbonyl (C=O) groups is 5. The summed E-state index contributed by atoms with van der Waals surface area (Å²) in [4.78, 5) is 62.7. The van der Waals surface area contributed by atoms with Crippen LogP contribution in [-0.2, 0) is 24.0 Å². The second-order valence-electron chi connectivity index (χ2n) is 8.50. The lowest BCUT2D eigenvalue weighted by Crippen LogP contribution is -2.57. The third kappa shape index (κ3) is 9.61. The van der Waals surface area contributed by atoms with Crippen LogP contribution in [0.2, 0.25) is 0 Å². The molecule has 1 fully saturated rings. The predicted octanol–water partition coefficient (Wildman–Crippen LogP) is -2.51. The van der Waals surface area contributed by atoms with Gasteiger partial charge in [-0.25, -0.2) is 4.79 Å². The highest BCUT2D eigenvalue weighted by Gasteiger charge is 2.38. The molecule has 0 bridgehead atoms. The van der Waals surface area contributed by atoms with Gasteiger partial charge < -0.3 is 43.6 Å². The van der Waals surface area contributed by atoms with Crippen molar-refractivity contribution in [3.05, 3.63) is 0 Å². The Morgan fingerprint density at radius 1 is 0.912 bits per heavy atom. The molecule has 11 N–H and O–H groups in total. The number of nitrogens with two attached hydrogens (primary N) is 4. The van der Waals surface area contributed by atoms with E-state index in [1.54, 1.807) is 0 Å². The first-order valence-electron chi connectivity index (χ1n) is 11.7. The van der Waals surface area contributed by atoms with Crippen molar-refractivity contribution in [3.63, 3.8) is 0 Å². The average molecular weight is 486 g/mol. The molecule has 4 unspecified atom stereocenters. The van der Waals surface area contributed by atoms with E-state index in [-0.39, 0.29) is 19.4 Å². The molecule has 4 amide bonds. The second kappa shape index (κ2) is 15.2. The smallest absolute Gasteiger partial charge is 0.326 e. The van der Waals surface area contributed by atoms with Crippen molar-refractivity contribution in [3.8, 4) is 0 Å². The number of amides is 4. The fraction of sp³-hybridized carbons (Fsp3) is 0.762. The Bertz CT molecular complexity index is 720. The first-order valence-corrected chi connectivity index (χ1v) is 11.7. The maximum absolute atomic E-state index is 13.0. The highest BCUT2D eigenvalue weighted by atomic mass is 16.4. The van der Waals surface area contributed by atoms with Crippen LogP contribution < -0.4 is 33.6 Å². The molecule has 1 heterocycles. The molecule has 0 aromatic carbocycles. The van der Waals surface area contributed by atoms with E-state index in [0.717, 1.165) is 4.90 Å². The SMILES string of the molecule is NCCCCC(N)C(=O)NC(CCCCN)C(=O)NC(CC(N)=O)C(=O)N1CCCC1C(=O)O. The van der Waals surface area contributed by atoms with Gasteiger partial charge >= 0.3 is 5.97 Å². The number of likely N-dealkylation sites (tertiary alicyclic amines) is 1. The predicted molar refractivity (Wildman–Crippen MR) is 124 cm³/mol. The Kier molecular flexibility index (Phi) is 13.1. The van der Waals surface area contributed by atoms with Gasteiger partial charge in [-0.2, -0.15) is 0 Å². The van der Waals surface area contributed by atoms with Crippen molar-refractivity contribution in [2.24, 2.45) is 22.9 Å². The lowest BCUT2D eigenvalue weighted by molar-refractivity contribution is -0.149. The zero-order valence-corrected chi connectivity index (χ0v) is 19.5. The standard InChI is InChI=1S/C21H39N7O6/c22-9-3-1-6-13(24)18(30)26-14(7-2-4-10-23)19(31)27-15(12-17(25)29)20(32)28-11-5-8-16(28)21(33)34/h13-16H,1-12,22-24H2,(H2,25,29)(H,26,30)(H,27,31)(H,33,34). The minimum atomic E-state index is -1.35. The van der Waals surface area contributed by atoms with E-state index < -0.39 is 60.2 Å². The molecule has 1 aliphatic rings. The van der Waals surface area contributed by atoms with Crippen molar-refractivity contribution >= 4 is 29.6 Å². The fourth-order valence-electron chi connectivity index (χ4n) is 3.84. The number of carboxylic acids is 1. The van der Waals surface area contributed by atoms with Gasteiger partial charge in [-0.1, -0.05) is 6.42 Å². The molecule has 1 rings (SSSR count). The topological polar surface area (TPSA) is 237 Å². The number of primary amides is 1. The molecule has 0 aliphatic carbocycles. The van der Waals surface area contributed by atoms with Gasteiger partial charge in [0.25, 0.3) is 0 Å². The van der Waals surface area contributed by atoms with Crippen LogP contribution in [0.15, 0.2) is 0 Å². The number of carbonyl (C=O) groups excluding carboxylic acids is 4. The Morgan fingerprint density at radius 3 is 2.06 bits per heavy atom. The van der Waals surface area contributed by atoms with Gasteiger partial charge in [-0.15, -0.1) is 0 Å². The molecule has 0 radical (unpaired) electrons. The monoisotopic (exact) mass is 485 g/mol. The lowest BCUT2D eigenvalue weighted by Gasteiger charge is -2.28. The van der Waals surface area contributed by atoms with E-state index in [1.807, 2.05) is 0 Å². The van der Waals surface area contributed by atoms with Crippen molar-refractivity contribution < 1.29 is 29.1 Å². The van der Waals surface area contributed by atoms with Gasteiger partial charge in [0.05, 0.1) is 12.5 Å². The first-order chi connectivity index (χ1) is 16.1. The number of hydrogen-bond acceptors (Lipinski definition) is 8. The number of carboxylic acid groups (broad SMARTS) is 1. The maximum atomic E-state index is 13.0. The van der Waals surface area contributed by atoms with Crippen LogP contribution in [0, 0.1) is 0 Å². The minimum absolute atomic E-state index is 0.190. The zero-order valence-electron chi connectivity index (χ0n) is 19.5. The summed E-state index contributed by atoms with van der Waals surface area (Å²) in [6.07, 6.45) is 3.40. The summed E-state index contributed by atoms with van der Waals surface area (Å²) in [5, 5.41) is 14.5. The fourth-order valence-corrected chi connectivity index (χ4v) is 3.84. The summed E-state index contributed by atoms with van der Waals surface area (Å²) in [7, 11) is 0. The van der Waals surface area contributed by atoms with Crippen LogP contribution in [0.5, 0.6) is 0 Å². The van der Waals surface area contributed by atoms with E-state index in [0.29, 0.717) is 51.6 Å². The van der Waals surface area contributed by atoms with Crippen LogP contribution in [0.3, 0.4) is 0 Å². The van der Waals surface area contributed by atoms with E-state index in [9.17, 15) is 29.1 Å². The second-order valence-corrected chi connectivity index (χ2v) is 8.50. The number of nitrogens with zero attached hydrogens (tertiary/aromatic N) is 1. The van der Waals surface area contributed by atoms with Gasteiger partial charge in [-0.3, -0.25) is 19.2 Å². The minimum Gasteiger partial charge on any atom is -0.480 e. The summed E-state index contributed by atoms with van der Waals surface area (Å²) in [5.41, 5.74) is 22.2. The molecule has 1 saturated heterocycles. The largest absolute Gasteiger partial charge is 0.480 e. The molecule has 0 spiro atoms. The van der Waals surface area contributed by atoms with Crippen LogP contribution in [0.4, 0.5) is 0 Å². The number of aliphatic carboxylic acids is 1. The Balaban J connectivity index is 2.94. The zero-order chi connectivity index (χ0) is 25.7. The molecule has 13 heteroatoms. The molecule has 1 aliphatic heterocycles. The van der Waals surface area contributed by atoms with Gasteiger partial charge in [0.1, 0.15) is 18.1 Å². The van der Waals surface area contributed by atoms with Crippen molar-refractivity contribution in [1.29, 1.82) is 0 Å². The molecule has 13 nitrogen and oxygen atoms in total. The van der Waals surface area contributed by atoms with Crippen LogP contribution in [0.1, 0.15) is 57.8 Å². The number of hydrogen-bond donors (Lipinski definition) is 7. The summed E-state index contributed by atoms with van der Waals surface area (Å²) in [6.45, 7) is 1.07. The summed E-state index contributed by atoms with van der Waals surface area (Å²) in [6, 6.07) is -4.24. The molecule has 34 heavy (non-hydrogen) atoms. The Morgan fingerprint density at radius 2 is 1.50 bits per heavy atom. The molecular weight excluding hydrogens is 446 g/mol. The Hall–Kier alpha value is -2.77. The van der Waals surface area contributed by atoms with Crippen molar-refractivity contribution in [2.45, 2.75) is 82.0 Å². The van der Waals surface area contributed by atoms with E-state index >= 15 is 0 Å². The quantitative estimate of drug-likeness (QED) is 0.114. The molecule has 0 saturated carbocycles. The first kappa shape index (κ1) is 29.3. The molecule has 194 valence electrons. The van der Waals surface area contributed by atoms with Crippen molar-refractivity contribution in [2.75, 3.05) is 19.6 Å². The lowest BCUT2D eigenvalue weighted by atomic mass is 10.0. The number of unbranched alkanes of at least 4 members (excludes halogenated alkanes) is 2. The molecule has 4 atom stereocenters. The van der Waals surface area contributed by atoms with E-state index in [4.69, 9.17) is 22.9 Å². The van der Waals surface area contributed by atoms with E-state index in [2.05, 4.69) is 10.6 Å². The summed E-state index contributed by atoms with van der Waals surface area (Å²) >= 11 is 0. The van der Waals surface area contributed by atoms with Crippen LogP contribution in [-0.4, -0.2) is 83.4 Å². The van der Waals surface area contributed by atoms with Gasteiger partial charge in [0.2, 0.25) is 23.6 Å². The van der Waals surface area contributed by atoms with Gasteiger partial charge in [0.15, 0.2) is 0 Å². The Labute approximate surface area is 199 Å². The van der Waals surface area contributed by atoms with Gasteiger partial charge in [0, 0.05) is 6.54 Å². The molecule has 0 aromatic heterocycles. The van der Waals surface area contributed by atoms with Gasteiger partial charge in [-0.05, 0) is 58.0 Å². The third-order valence-corrected chi connectivity index (χ3v) is 5.73. The summed E-state index contributed by atoms with van der Waals surface area (Å²) in [5.74, 6) is -3.91. The normalized spacial score (nSPS) is 18.1. The molecule has 0 aromatic rings. The highest BCUT2D eigenvalue weighted by molar-refractivity contribution is 5.96. The molecular formula is C21H39N7O6. The van der Waals surface area contributed by atoms with E-state index in [1.165, 1.54) is 0 Å². The number of nitrogens with one attached hydrogen (secondary N) is 2. The third-order valence-electron chi connectivity index (χ3n) is 5.73.